The molecule has 0 saturated carbocycles. The van der Waals surface area contributed by atoms with E-state index in [9.17, 15) is 0 Å². The summed E-state index contributed by atoms with van der Waals surface area (Å²) >= 11 is 3.79. The predicted octanol–water partition coefficient (Wildman–Crippen LogP) is 3.99. The van der Waals surface area contributed by atoms with Crippen molar-refractivity contribution in [2.24, 2.45) is 5.92 Å². The molecule has 1 unspecified atom stereocenters. The van der Waals surface area contributed by atoms with E-state index in [4.69, 9.17) is 0 Å². The zero-order valence-corrected chi connectivity index (χ0v) is 14.2. The molecule has 0 aliphatic carbocycles. The van der Waals surface area contributed by atoms with Crippen LogP contribution in [0.2, 0.25) is 0 Å². The molecule has 0 amide bonds. The van der Waals surface area contributed by atoms with Crippen LogP contribution in [0.5, 0.6) is 0 Å². The molecule has 114 valence electrons. The number of thioether (sulfide) groups is 1. The predicted molar refractivity (Wildman–Crippen MR) is 94.9 cm³/mol. The van der Waals surface area contributed by atoms with E-state index in [2.05, 4.69) is 52.3 Å². The van der Waals surface area contributed by atoms with Crippen LogP contribution in [0, 0.1) is 12.8 Å². The number of hydrogen-bond acceptors (Lipinski definition) is 6. The Morgan fingerprint density at radius 1 is 1.33 bits per heavy atom. The molecule has 6 heteroatoms. The summed E-state index contributed by atoms with van der Waals surface area (Å²) in [5.74, 6) is 5.07. The summed E-state index contributed by atoms with van der Waals surface area (Å²) in [5, 5.41) is 8.02. The first kappa shape index (κ1) is 14.9. The fourth-order valence-electron chi connectivity index (χ4n) is 2.48. The molecule has 2 aromatic rings. The fourth-order valence-corrected chi connectivity index (χ4v) is 4.64. The summed E-state index contributed by atoms with van der Waals surface area (Å²) in [7, 11) is 0. The van der Waals surface area contributed by atoms with E-state index >= 15 is 0 Å². The summed E-state index contributed by atoms with van der Waals surface area (Å²) in [6, 6.07) is 2.19. The molecule has 1 atom stereocenters. The number of rotatable bonds is 6. The Morgan fingerprint density at radius 2 is 2.24 bits per heavy atom. The van der Waals surface area contributed by atoms with Gasteiger partial charge in [0.05, 0.1) is 5.39 Å². The maximum atomic E-state index is 4.68. The van der Waals surface area contributed by atoms with Crippen LogP contribution in [-0.4, -0.2) is 34.6 Å². The van der Waals surface area contributed by atoms with Gasteiger partial charge in [-0.3, -0.25) is 0 Å². The molecule has 0 aromatic carbocycles. The first-order chi connectivity index (χ1) is 10.3. The average molecular weight is 323 g/mol. The molecule has 0 bridgehead atoms. The molecule has 1 saturated heterocycles. The monoisotopic (exact) mass is 322 g/mol. The van der Waals surface area contributed by atoms with Crippen molar-refractivity contribution in [1.29, 1.82) is 0 Å². The van der Waals surface area contributed by atoms with Gasteiger partial charge in [0, 0.05) is 18.0 Å². The first-order valence-corrected chi connectivity index (χ1v) is 9.57. The number of nitrogens with one attached hydrogen (secondary N) is 2. The molecule has 1 aliphatic rings. The molecule has 2 aromatic heterocycles. The lowest BCUT2D eigenvalue weighted by Crippen LogP contribution is -2.15. The van der Waals surface area contributed by atoms with Crippen LogP contribution in [0.1, 0.15) is 24.6 Å². The van der Waals surface area contributed by atoms with Gasteiger partial charge in [0.25, 0.3) is 0 Å². The summed E-state index contributed by atoms with van der Waals surface area (Å²) in [5.41, 5.74) is 0. The largest absolute Gasteiger partial charge is 0.369 e. The highest BCUT2D eigenvalue weighted by atomic mass is 32.2. The van der Waals surface area contributed by atoms with E-state index in [-0.39, 0.29) is 0 Å². The molecule has 4 nitrogen and oxygen atoms in total. The van der Waals surface area contributed by atoms with E-state index in [1.807, 2.05) is 0 Å². The Bertz CT molecular complexity index is 605. The number of hydrogen-bond donors (Lipinski definition) is 2. The van der Waals surface area contributed by atoms with Crippen molar-refractivity contribution in [3.63, 3.8) is 0 Å². The highest BCUT2D eigenvalue weighted by Gasteiger charge is 2.17. The van der Waals surface area contributed by atoms with Crippen molar-refractivity contribution >= 4 is 45.1 Å². The van der Waals surface area contributed by atoms with Gasteiger partial charge < -0.3 is 10.6 Å². The Morgan fingerprint density at radius 3 is 3.00 bits per heavy atom. The maximum Gasteiger partial charge on any atom is 0.226 e. The summed E-state index contributed by atoms with van der Waals surface area (Å²) < 4.78 is 0. The molecule has 1 aliphatic heterocycles. The van der Waals surface area contributed by atoms with Crippen molar-refractivity contribution in [1.82, 2.24) is 9.97 Å². The summed E-state index contributed by atoms with van der Waals surface area (Å²) in [6.45, 7) is 6.20. The number of thiophene rings is 1. The molecular weight excluding hydrogens is 300 g/mol. The SMILES string of the molecule is CCCNc1nc(NCC2CCSC2)c2cc(C)sc2n1. The summed E-state index contributed by atoms with van der Waals surface area (Å²) in [6.07, 6.45) is 2.39. The van der Waals surface area contributed by atoms with Crippen molar-refractivity contribution in [2.45, 2.75) is 26.7 Å². The maximum absolute atomic E-state index is 4.68. The minimum Gasteiger partial charge on any atom is -0.369 e. The molecule has 0 spiro atoms. The van der Waals surface area contributed by atoms with Gasteiger partial charge in [-0.15, -0.1) is 11.3 Å². The normalized spacial score (nSPS) is 18.3. The van der Waals surface area contributed by atoms with Crippen LogP contribution in [0.3, 0.4) is 0 Å². The third-order valence-corrected chi connectivity index (χ3v) is 5.81. The van der Waals surface area contributed by atoms with Gasteiger partial charge in [0.15, 0.2) is 0 Å². The Kier molecular flexibility index (Phi) is 4.85. The van der Waals surface area contributed by atoms with Crippen LogP contribution < -0.4 is 10.6 Å². The second-order valence-corrected chi connectivity index (χ2v) is 7.89. The number of fused-ring (bicyclic) bond motifs is 1. The van der Waals surface area contributed by atoms with Crippen LogP contribution in [0.15, 0.2) is 6.07 Å². The van der Waals surface area contributed by atoms with Gasteiger partial charge >= 0.3 is 0 Å². The van der Waals surface area contributed by atoms with Crippen molar-refractivity contribution < 1.29 is 0 Å². The summed E-state index contributed by atoms with van der Waals surface area (Å²) in [4.78, 5) is 11.7. The van der Waals surface area contributed by atoms with E-state index in [1.54, 1.807) is 11.3 Å². The number of anilines is 2. The Balaban J connectivity index is 1.82. The third-order valence-electron chi connectivity index (χ3n) is 3.63. The molecule has 0 radical (unpaired) electrons. The van der Waals surface area contributed by atoms with Gasteiger partial charge in [-0.2, -0.15) is 16.7 Å². The zero-order chi connectivity index (χ0) is 14.7. The minimum atomic E-state index is 0.745. The van der Waals surface area contributed by atoms with Crippen LogP contribution in [0.4, 0.5) is 11.8 Å². The quantitative estimate of drug-likeness (QED) is 0.842. The highest BCUT2D eigenvalue weighted by molar-refractivity contribution is 7.99. The standard InChI is InChI=1S/C15H22N4S2/c1-3-5-16-15-18-13(17-8-11-4-6-20-9-11)12-7-10(2)21-14(12)19-15/h7,11H,3-6,8-9H2,1-2H3,(H2,16,17,18,19). The number of aromatic nitrogens is 2. The van der Waals surface area contributed by atoms with E-state index < -0.39 is 0 Å². The zero-order valence-electron chi connectivity index (χ0n) is 12.6. The smallest absolute Gasteiger partial charge is 0.226 e. The van der Waals surface area contributed by atoms with Crippen molar-refractivity contribution in [3.05, 3.63) is 10.9 Å². The second-order valence-electron chi connectivity index (χ2n) is 5.51. The van der Waals surface area contributed by atoms with Gasteiger partial charge in [0.1, 0.15) is 10.6 Å². The highest BCUT2D eigenvalue weighted by Crippen LogP contribution is 2.30. The first-order valence-electron chi connectivity index (χ1n) is 7.60. The van der Waals surface area contributed by atoms with Crippen LogP contribution >= 0.6 is 23.1 Å². The third kappa shape index (κ3) is 3.61. The van der Waals surface area contributed by atoms with E-state index in [1.165, 1.54) is 22.8 Å². The van der Waals surface area contributed by atoms with Gasteiger partial charge in [-0.1, -0.05) is 6.92 Å². The Labute approximate surface area is 134 Å². The molecule has 1 fully saturated rings. The molecule has 3 rings (SSSR count). The van der Waals surface area contributed by atoms with Crippen molar-refractivity contribution in [2.75, 3.05) is 35.2 Å². The van der Waals surface area contributed by atoms with Gasteiger partial charge in [-0.25, -0.2) is 4.98 Å². The molecular formula is C15H22N4S2. The fraction of sp³-hybridized carbons (Fsp3) is 0.600. The minimum absolute atomic E-state index is 0.745. The van der Waals surface area contributed by atoms with Crippen molar-refractivity contribution in [3.8, 4) is 0 Å². The molecule has 3 heterocycles. The molecule has 2 N–H and O–H groups in total. The number of nitrogens with zero attached hydrogens (tertiary/aromatic N) is 2. The van der Waals surface area contributed by atoms with Gasteiger partial charge in [-0.05, 0) is 43.3 Å². The van der Waals surface area contributed by atoms with E-state index in [0.717, 1.165) is 47.4 Å². The lowest BCUT2D eigenvalue weighted by molar-refractivity contribution is 0.631. The van der Waals surface area contributed by atoms with E-state index in [0.29, 0.717) is 0 Å². The van der Waals surface area contributed by atoms with Crippen LogP contribution in [-0.2, 0) is 0 Å². The lowest BCUT2D eigenvalue weighted by Gasteiger charge is -2.12. The number of aryl methyl sites for hydroxylation is 1. The lowest BCUT2D eigenvalue weighted by atomic mass is 10.1. The average Bonchev–Trinajstić information content (AvgIpc) is 3.10. The topological polar surface area (TPSA) is 49.8 Å². The Hall–Kier alpha value is -1.01. The molecule has 21 heavy (non-hydrogen) atoms. The van der Waals surface area contributed by atoms with Gasteiger partial charge in [0.2, 0.25) is 5.95 Å². The van der Waals surface area contributed by atoms with Crippen LogP contribution in [0.25, 0.3) is 10.2 Å². The second kappa shape index (κ2) is 6.83.